The molecule has 2 fully saturated rings. The molecule has 0 saturated heterocycles. The van der Waals surface area contributed by atoms with Crippen LogP contribution in [0.15, 0.2) is 116 Å². The van der Waals surface area contributed by atoms with E-state index in [1.165, 1.54) is 38.5 Å². The highest BCUT2D eigenvalue weighted by Crippen LogP contribution is 2.45. The molecule has 0 bridgehead atoms. The summed E-state index contributed by atoms with van der Waals surface area (Å²) in [7, 11) is 0. The van der Waals surface area contributed by atoms with Crippen LogP contribution in [0.2, 0.25) is 0 Å². The molecule has 0 amide bonds. The Labute approximate surface area is 264 Å². The van der Waals surface area contributed by atoms with Crippen LogP contribution in [0.3, 0.4) is 0 Å². The van der Waals surface area contributed by atoms with E-state index in [0.717, 1.165) is 58.2 Å². The summed E-state index contributed by atoms with van der Waals surface area (Å²) in [5.74, 6) is 1.37. The van der Waals surface area contributed by atoms with E-state index in [2.05, 4.69) is 113 Å². The van der Waals surface area contributed by atoms with E-state index in [1.807, 2.05) is 12.4 Å². The zero-order valence-corrected chi connectivity index (χ0v) is 25.6. The maximum Gasteiger partial charge on any atom is 0.225 e. The van der Waals surface area contributed by atoms with Gasteiger partial charge in [-0.25, -0.2) is 9.67 Å². The lowest BCUT2D eigenvalue weighted by Crippen LogP contribution is -2.38. The summed E-state index contributed by atoms with van der Waals surface area (Å²) in [5, 5.41) is 11.3. The van der Waals surface area contributed by atoms with Crippen LogP contribution < -0.4 is 4.74 Å². The molecular formula is C39H39N5O. The molecule has 226 valence electrons. The maximum absolute atomic E-state index is 6.78. The summed E-state index contributed by atoms with van der Waals surface area (Å²) >= 11 is 0. The molecule has 6 heteroatoms. The molecule has 3 aromatic heterocycles. The van der Waals surface area contributed by atoms with Gasteiger partial charge in [0.05, 0.1) is 17.1 Å². The highest BCUT2D eigenvalue weighted by atomic mass is 16.5. The van der Waals surface area contributed by atoms with Gasteiger partial charge in [-0.05, 0) is 67.2 Å². The molecule has 2 saturated carbocycles. The Balaban J connectivity index is 1.41. The largest absolute Gasteiger partial charge is 0.474 e. The van der Waals surface area contributed by atoms with Gasteiger partial charge in [0, 0.05) is 24.5 Å². The summed E-state index contributed by atoms with van der Waals surface area (Å²) in [5.41, 5.74) is 5.46. The van der Waals surface area contributed by atoms with E-state index in [1.54, 1.807) is 0 Å². The molecule has 0 unspecified atom stereocenters. The van der Waals surface area contributed by atoms with Gasteiger partial charge in [0.1, 0.15) is 17.3 Å². The first-order valence-electron chi connectivity index (χ1n) is 16.5. The minimum atomic E-state index is -0.758. The lowest BCUT2D eigenvalue weighted by atomic mass is 9.77. The van der Waals surface area contributed by atoms with E-state index < -0.39 is 5.54 Å². The minimum absolute atomic E-state index is 0.163. The summed E-state index contributed by atoms with van der Waals surface area (Å²) < 4.78 is 11.1. The van der Waals surface area contributed by atoms with Gasteiger partial charge in [0.15, 0.2) is 0 Å². The molecule has 0 radical (unpaired) electrons. The molecule has 2 aliphatic carbocycles. The number of nitrogens with zero attached hydrogens (tertiary/aromatic N) is 5. The van der Waals surface area contributed by atoms with Crippen molar-refractivity contribution in [2.75, 3.05) is 0 Å². The predicted molar refractivity (Wildman–Crippen MR) is 178 cm³/mol. The van der Waals surface area contributed by atoms with Crippen molar-refractivity contribution < 1.29 is 4.74 Å². The summed E-state index contributed by atoms with van der Waals surface area (Å²) in [4.78, 5) is 4.88. The average Bonchev–Trinajstić information content (AvgIpc) is 3.71. The van der Waals surface area contributed by atoms with Gasteiger partial charge in [-0.15, -0.1) is 0 Å². The normalized spacial score (nSPS) is 16.1. The van der Waals surface area contributed by atoms with E-state index in [4.69, 9.17) is 19.9 Å². The number of pyridine rings is 1. The van der Waals surface area contributed by atoms with Gasteiger partial charge in [-0.1, -0.05) is 104 Å². The van der Waals surface area contributed by atoms with Crippen molar-refractivity contribution in [2.45, 2.75) is 69.6 Å². The zero-order valence-electron chi connectivity index (χ0n) is 25.6. The number of rotatable bonds is 9. The molecule has 0 spiro atoms. The Morgan fingerprint density at radius 2 is 1.33 bits per heavy atom. The Kier molecular flexibility index (Phi) is 7.42. The van der Waals surface area contributed by atoms with Crippen LogP contribution in [0.25, 0.3) is 22.2 Å². The maximum atomic E-state index is 6.78. The quantitative estimate of drug-likeness (QED) is 0.157. The lowest BCUT2D eigenvalue weighted by molar-refractivity contribution is 0.151. The Bertz CT molecular complexity index is 1770. The molecule has 6 nitrogen and oxygen atoms in total. The van der Waals surface area contributed by atoms with Crippen LogP contribution in [-0.4, -0.2) is 30.6 Å². The molecule has 0 aliphatic heterocycles. The van der Waals surface area contributed by atoms with Crippen molar-refractivity contribution in [3.05, 3.63) is 132 Å². The van der Waals surface area contributed by atoms with Crippen molar-refractivity contribution in [1.29, 1.82) is 0 Å². The third-order valence-corrected chi connectivity index (χ3v) is 9.86. The standard InChI is InChI=1S/C39H39N5O/c1-5-16-31(17-6-1)39(32-18-7-2-8-19-32,33-20-9-3-10-21-33)44-35-24-25-40-38(45-34-22-11-4-12-23-34)36(35)37(42-44)30-26-41-43(28-30)27-29-14-13-15-29/h1-3,5-10,16-21,24-26,28-29,34H,4,11-15,22-23,27H2. The van der Waals surface area contributed by atoms with Gasteiger partial charge < -0.3 is 4.74 Å². The van der Waals surface area contributed by atoms with Crippen LogP contribution in [0.5, 0.6) is 5.88 Å². The third-order valence-electron chi connectivity index (χ3n) is 9.86. The van der Waals surface area contributed by atoms with Gasteiger partial charge in [0.25, 0.3) is 0 Å². The molecule has 0 N–H and O–H groups in total. The number of hydrogen-bond donors (Lipinski definition) is 0. The lowest BCUT2D eigenvalue weighted by Gasteiger charge is -2.37. The number of fused-ring (bicyclic) bond motifs is 1. The Hall–Kier alpha value is -4.71. The van der Waals surface area contributed by atoms with Crippen molar-refractivity contribution in [3.63, 3.8) is 0 Å². The predicted octanol–water partition coefficient (Wildman–Crippen LogP) is 8.65. The molecular weight excluding hydrogens is 554 g/mol. The number of ether oxygens (including phenoxy) is 1. The van der Waals surface area contributed by atoms with Gasteiger partial charge in [-0.2, -0.15) is 10.2 Å². The van der Waals surface area contributed by atoms with Crippen LogP contribution in [0, 0.1) is 5.92 Å². The van der Waals surface area contributed by atoms with Gasteiger partial charge in [0.2, 0.25) is 5.88 Å². The SMILES string of the molecule is c1ccc(C(c2ccccc2)(c2ccccc2)n2nc(-c3cnn(CC4CCC4)c3)c3c(OC4CCCCC4)nccc32)cc1. The second kappa shape index (κ2) is 12.0. The number of hydrogen-bond acceptors (Lipinski definition) is 4. The molecule has 0 atom stereocenters. The van der Waals surface area contributed by atoms with Crippen molar-refractivity contribution >= 4 is 10.9 Å². The van der Waals surface area contributed by atoms with Crippen LogP contribution in [-0.2, 0) is 12.1 Å². The van der Waals surface area contributed by atoms with Gasteiger partial charge in [-0.3, -0.25) is 4.68 Å². The highest BCUT2D eigenvalue weighted by molar-refractivity contribution is 5.97. The molecule has 8 rings (SSSR count). The van der Waals surface area contributed by atoms with E-state index in [0.29, 0.717) is 11.8 Å². The number of aromatic nitrogens is 5. The summed E-state index contributed by atoms with van der Waals surface area (Å²) in [6.07, 6.45) is 15.8. The third kappa shape index (κ3) is 5.02. The van der Waals surface area contributed by atoms with Crippen molar-refractivity contribution in [2.24, 2.45) is 5.92 Å². The summed E-state index contributed by atoms with van der Waals surface area (Å²) in [6.45, 7) is 0.949. The van der Waals surface area contributed by atoms with Crippen molar-refractivity contribution in [1.82, 2.24) is 24.5 Å². The van der Waals surface area contributed by atoms with E-state index >= 15 is 0 Å². The fraction of sp³-hybridized carbons (Fsp3) is 0.308. The molecule has 45 heavy (non-hydrogen) atoms. The van der Waals surface area contributed by atoms with Gasteiger partial charge >= 0.3 is 0 Å². The Morgan fingerprint density at radius 1 is 0.711 bits per heavy atom. The molecule has 6 aromatic rings. The minimum Gasteiger partial charge on any atom is -0.474 e. The topological polar surface area (TPSA) is 57.8 Å². The van der Waals surface area contributed by atoms with Crippen LogP contribution >= 0.6 is 0 Å². The fourth-order valence-electron chi connectivity index (χ4n) is 7.35. The second-order valence-corrected chi connectivity index (χ2v) is 12.7. The van der Waals surface area contributed by atoms with E-state index in [9.17, 15) is 0 Å². The highest BCUT2D eigenvalue weighted by Gasteiger charge is 2.41. The summed E-state index contributed by atoms with van der Waals surface area (Å²) in [6, 6.07) is 34.3. The van der Waals surface area contributed by atoms with Crippen molar-refractivity contribution in [3.8, 4) is 17.1 Å². The van der Waals surface area contributed by atoms with Crippen LogP contribution in [0.4, 0.5) is 0 Å². The molecule has 2 aliphatic rings. The second-order valence-electron chi connectivity index (χ2n) is 12.7. The molecule has 3 aromatic carbocycles. The smallest absolute Gasteiger partial charge is 0.225 e. The number of benzene rings is 3. The average molecular weight is 594 g/mol. The Morgan fingerprint density at radius 3 is 1.91 bits per heavy atom. The first-order chi connectivity index (χ1) is 22.3. The first kappa shape index (κ1) is 27.8. The van der Waals surface area contributed by atoms with E-state index in [-0.39, 0.29) is 6.10 Å². The monoisotopic (exact) mass is 593 g/mol. The first-order valence-corrected chi connectivity index (χ1v) is 16.5. The zero-order chi connectivity index (χ0) is 30.1. The fourth-order valence-corrected chi connectivity index (χ4v) is 7.35. The molecule has 3 heterocycles. The van der Waals surface area contributed by atoms with Crippen LogP contribution in [0.1, 0.15) is 68.1 Å².